The molecule has 0 saturated heterocycles. The number of aryl methyl sites for hydroxylation is 2. The van der Waals surface area contributed by atoms with Gasteiger partial charge in [-0.15, -0.1) is 0 Å². The van der Waals surface area contributed by atoms with Crippen molar-refractivity contribution in [3.63, 3.8) is 0 Å². The molecule has 2 aromatic carbocycles. The number of benzene rings is 2. The molecule has 5 heteroatoms. The van der Waals surface area contributed by atoms with Crippen molar-refractivity contribution in [1.82, 2.24) is 0 Å². The molecule has 23 heavy (non-hydrogen) atoms. The highest BCUT2D eigenvalue weighted by Gasteiger charge is 2.21. The largest absolute Gasteiger partial charge is 0.495 e. The number of carboxylic acid groups (broad SMARTS) is 1. The van der Waals surface area contributed by atoms with E-state index in [1.54, 1.807) is 18.2 Å². The molecule has 0 aliphatic rings. The molecule has 0 aromatic heterocycles. The van der Waals surface area contributed by atoms with Crippen LogP contribution < -0.4 is 9.47 Å². The van der Waals surface area contributed by atoms with E-state index in [1.807, 2.05) is 32.0 Å². The first kappa shape index (κ1) is 17.2. The van der Waals surface area contributed by atoms with Gasteiger partial charge in [-0.1, -0.05) is 23.7 Å². The minimum Gasteiger partial charge on any atom is -0.495 e. The molecule has 0 heterocycles. The van der Waals surface area contributed by atoms with Gasteiger partial charge in [-0.05, 0) is 54.8 Å². The van der Waals surface area contributed by atoms with Gasteiger partial charge in [0.25, 0.3) is 0 Å². The van der Waals surface area contributed by atoms with Gasteiger partial charge in [0.2, 0.25) is 0 Å². The Balaban J connectivity index is 2.18. The molecular formula is C18H19ClO4. The Bertz CT molecular complexity index is 692. The number of halogens is 1. The third kappa shape index (κ3) is 4.63. The molecule has 0 spiro atoms. The molecule has 0 saturated carbocycles. The van der Waals surface area contributed by atoms with Crippen molar-refractivity contribution in [2.45, 2.75) is 26.4 Å². The average Bonchev–Trinajstić information content (AvgIpc) is 2.45. The van der Waals surface area contributed by atoms with Crippen LogP contribution in [0.3, 0.4) is 0 Å². The fourth-order valence-corrected chi connectivity index (χ4v) is 2.68. The first-order valence-electron chi connectivity index (χ1n) is 7.19. The van der Waals surface area contributed by atoms with E-state index in [1.165, 1.54) is 7.11 Å². The van der Waals surface area contributed by atoms with Crippen LogP contribution >= 0.6 is 11.6 Å². The number of hydrogen-bond donors (Lipinski definition) is 1. The van der Waals surface area contributed by atoms with Crippen molar-refractivity contribution in [1.29, 1.82) is 0 Å². The van der Waals surface area contributed by atoms with Crippen LogP contribution in [0.15, 0.2) is 36.4 Å². The van der Waals surface area contributed by atoms with Gasteiger partial charge < -0.3 is 14.6 Å². The van der Waals surface area contributed by atoms with E-state index in [0.29, 0.717) is 16.5 Å². The molecule has 0 fully saturated rings. The van der Waals surface area contributed by atoms with Crippen molar-refractivity contribution < 1.29 is 19.4 Å². The van der Waals surface area contributed by atoms with Crippen LogP contribution in [0, 0.1) is 13.8 Å². The molecule has 0 aliphatic heterocycles. The quantitative estimate of drug-likeness (QED) is 0.866. The van der Waals surface area contributed by atoms with Gasteiger partial charge in [0.1, 0.15) is 11.5 Å². The summed E-state index contributed by atoms with van der Waals surface area (Å²) >= 11 is 6.08. The van der Waals surface area contributed by atoms with Gasteiger partial charge in [0, 0.05) is 6.42 Å². The Morgan fingerprint density at radius 1 is 1.17 bits per heavy atom. The molecule has 1 N–H and O–H groups in total. The molecule has 0 amide bonds. The van der Waals surface area contributed by atoms with Crippen LogP contribution in [-0.4, -0.2) is 24.3 Å². The van der Waals surface area contributed by atoms with Crippen LogP contribution in [0.5, 0.6) is 11.5 Å². The lowest BCUT2D eigenvalue weighted by Gasteiger charge is -2.16. The number of ether oxygens (including phenoxy) is 2. The van der Waals surface area contributed by atoms with Crippen molar-refractivity contribution >= 4 is 17.6 Å². The monoisotopic (exact) mass is 334 g/mol. The molecular weight excluding hydrogens is 316 g/mol. The van der Waals surface area contributed by atoms with Gasteiger partial charge in [-0.3, -0.25) is 0 Å². The summed E-state index contributed by atoms with van der Waals surface area (Å²) in [6, 6.07) is 10.8. The molecule has 122 valence electrons. The summed E-state index contributed by atoms with van der Waals surface area (Å²) in [4.78, 5) is 11.5. The molecule has 2 rings (SSSR count). The number of hydrogen-bond acceptors (Lipinski definition) is 3. The predicted octanol–water partition coefficient (Wildman–Crippen LogP) is 4.04. The van der Waals surface area contributed by atoms with E-state index in [4.69, 9.17) is 21.1 Å². The minimum absolute atomic E-state index is 0.214. The van der Waals surface area contributed by atoms with Gasteiger partial charge in [0.05, 0.1) is 12.1 Å². The molecule has 0 unspecified atom stereocenters. The zero-order valence-electron chi connectivity index (χ0n) is 13.3. The Labute approximate surface area is 140 Å². The molecule has 0 bridgehead atoms. The summed E-state index contributed by atoms with van der Waals surface area (Å²) in [7, 11) is 1.53. The maximum absolute atomic E-state index is 11.5. The fraction of sp³-hybridized carbons (Fsp3) is 0.278. The first-order chi connectivity index (χ1) is 10.9. The molecule has 0 aliphatic carbocycles. The van der Waals surface area contributed by atoms with Crippen molar-refractivity contribution in [3.05, 3.63) is 58.1 Å². The lowest BCUT2D eigenvalue weighted by Crippen LogP contribution is -2.29. The Hall–Kier alpha value is -2.20. The zero-order valence-corrected chi connectivity index (χ0v) is 14.1. The zero-order chi connectivity index (χ0) is 17.0. The summed E-state index contributed by atoms with van der Waals surface area (Å²) in [5, 5.41) is 9.87. The predicted molar refractivity (Wildman–Crippen MR) is 89.7 cm³/mol. The van der Waals surface area contributed by atoms with Crippen LogP contribution in [0.2, 0.25) is 5.02 Å². The van der Waals surface area contributed by atoms with Crippen molar-refractivity contribution in [2.75, 3.05) is 7.11 Å². The van der Waals surface area contributed by atoms with Crippen LogP contribution in [0.25, 0.3) is 0 Å². The average molecular weight is 335 g/mol. The number of carbonyl (C=O) groups is 1. The summed E-state index contributed by atoms with van der Waals surface area (Å²) in [6.07, 6.45) is -0.771. The lowest BCUT2D eigenvalue weighted by atomic mass is 10.1. The number of carboxylic acids is 1. The molecule has 2 aromatic rings. The smallest absolute Gasteiger partial charge is 0.345 e. The maximum atomic E-state index is 11.5. The van der Waals surface area contributed by atoms with E-state index in [0.717, 1.165) is 16.7 Å². The molecule has 0 radical (unpaired) electrons. The lowest BCUT2D eigenvalue weighted by molar-refractivity contribution is -0.145. The van der Waals surface area contributed by atoms with E-state index in [2.05, 4.69) is 0 Å². The van der Waals surface area contributed by atoms with Crippen LogP contribution in [-0.2, 0) is 11.2 Å². The normalized spacial score (nSPS) is 11.8. The van der Waals surface area contributed by atoms with E-state index >= 15 is 0 Å². The highest BCUT2D eigenvalue weighted by molar-refractivity contribution is 6.32. The fourth-order valence-electron chi connectivity index (χ4n) is 2.40. The topological polar surface area (TPSA) is 55.8 Å². The van der Waals surface area contributed by atoms with Crippen LogP contribution in [0.1, 0.15) is 16.7 Å². The third-order valence-electron chi connectivity index (χ3n) is 3.39. The maximum Gasteiger partial charge on any atom is 0.345 e. The van der Waals surface area contributed by atoms with Gasteiger partial charge in [-0.25, -0.2) is 4.79 Å². The highest BCUT2D eigenvalue weighted by Crippen LogP contribution is 2.26. The molecule has 4 nitrogen and oxygen atoms in total. The third-order valence-corrected chi connectivity index (χ3v) is 3.68. The minimum atomic E-state index is -1.02. The number of methoxy groups -OCH3 is 1. The Morgan fingerprint density at radius 2 is 1.83 bits per heavy atom. The van der Waals surface area contributed by atoms with Crippen LogP contribution in [0.4, 0.5) is 0 Å². The van der Waals surface area contributed by atoms with E-state index in [9.17, 15) is 9.90 Å². The molecule has 1 atom stereocenters. The van der Waals surface area contributed by atoms with Gasteiger partial charge in [0.15, 0.2) is 6.10 Å². The summed E-state index contributed by atoms with van der Waals surface area (Å²) in [5.41, 5.74) is 2.82. The Morgan fingerprint density at radius 3 is 2.35 bits per heavy atom. The summed E-state index contributed by atoms with van der Waals surface area (Å²) < 4.78 is 10.8. The second-order valence-corrected chi connectivity index (χ2v) is 5.85. The van der Waals surface area contributed by atoms with E-state index < -0.39 is 12.1 Å². The SMILES string of the molecule is COc1ccc(C[C@H](Oc2cc(C)cc(C)c2)C(=O)O)cc1Cl. The second kappa shape index (κ2) is 7.38. The van der Waals surface area contributed by atoms with Gasteiger partial charge >= 0.3 is 5.97 Å². The number of aliphatic carboxylic acids is 1. The first-order valence-corrected chi connectivity index (χ1v) is 7.57. The standard InChI is InChI=1S/C18H19ClO4/c1-11-6-12(2)8-14(7-11)23-17(18(20)21)10-13-4-5-16(22-3)15(19)9-13/h4-9,17H,10H2,1-3H3,(H,20,21)/t17-/m0/s1. The van der Waals surface area contributed by atoms with Crippen molar-refractivity contribution in [2.24, 2.45) is 0 Å². The summed E-state index contributed by atoms with van der Waals surface area (Å²) in [5.74, 6) is 0.0862. The summed E-state index contributed by atoms with van der Waals surface area (Å²) in [6.45, 7) is 3.89. The van der Waals surface area contributed by atoms with E-state index in [-0.39, 0.29) is 6.42 Å². The van der Waals surface area contributed by atoms with Crippen molar-refractivity contribution in [3.8, 4) is 11.5 Å². The number of rotatable bonds is 6. The second-order valence-electron chi connectivity index (χ2n) is 5.44. The van der Waals surface area contributed by atoms with Gasteiger partial charge in [-0.2, -0.15) is 0 Å². The Kier molecular flexibility index (Phi) is 5.50. The highest BCUT2D eigenvalue weighted by atomic mass is 35.5.